The van der Waals surface area contributed by atoms with Crippen molar-refractivity contribution in [1.82, 2.24) is 20.2 Å². The molecule has 3 atom stereocenters. The number of aromatic nitrogens is 2. The summed E-state index contributed by atoms with van der Waals surface area (Å²) in [5, 5.41) is 24.0. The minimum atomic E-state index is -0.883. The third-order valence-electron chi connectivity index (χ3n) is 7.04. The third kappa shape index (κ3) is 6.58. The van der Waals surface area contributed by atoms with Crippen molar-refractivity contribution in [2.24, 2.45) is 5.92 Å². The highest BCUT2D eigenvalue weighted by Crippen LogP contribution is 2.33. The summed E-state index contributed by atoms with van der Waals surface area (Å²) in [5.74, 6) is 0.0988. The Labute approximate surface area is 234 Å². The molecule has 2 aromatic heterocycles. The predicted octanol–water partition coefficient (Wildman–Crippen LogP) is 4.40. The molecule has 3 N–H and O–H groups in total. The molecule has 206 valence electrons. The van der Waals surface area contributed by atoms with Crippen LogP contribution in [0.4, 0.5) is 0 Å². The van der Waals surface area contributed by atoms with Gasteiger partial charge in [0, 0.05) is 66.9 Å². The van der Waals surface area contributed by atoms with Crippen molar-refractivity contribution in [3.8, 4) is 5.75 Å². The number of nitrogens with zero attached hydrogens (tertiary/aromatic N) is 3. The van der Waals surface area contributed by atoms with Gasteiger partial charge in [0.25, 0.3) is 0 Å². The van der Waals surface area contributed by atoms with Crippen LogP contribution in [0.1, 0.15) is 41.6 Å². The van der Waals surface area contributed by atoms with Crippen LogP contribution in [0.15, 0.2) is 55.4 Å². The number of rotatable bonds is 9. The summed E-state index contributed by atoms with van der Waals surface area (Å²) < 4.78 is 6.28. The summed E-state index contributed by atoms with van der Waals surface area (Å²) in [6.07, 6.45) is 6.46. The average Bonchev–Trinajstić information content (AvgIpc) is 2.90. The van der Waals surface area contributed by atoms with E-state index in [-0.39, 0.29) is 31.4 Å². The van der Waals surface area contributed by atoms with Crippen molar-refractivity contribution in [2.75, 3.05) is 14.1 Å². The zero-order valence-corrected chi connectivity index (χ0v) is 23.3. The maximum atomic E-state index is 12.7. The highest BCUT2D eigenvalue weighted by molar-refractivity contribution is 6.31. The van der Waals surface area contributed by atoms with Gasteiger partial charge in [-0.3, -0.25) is 9.78 Å². The molecule has 0 spiro atoms. The molecule has 0 radical (unpaired) electrons. The maximum absolute atomic E-state index is 12.7. The number of aryl methyl sites for hydroxylation is 1. The Balaban J connectivity index is 1.56. The Kier molecular flexibility index (Phi) is 9.22. The molecule has 8 nitrogen and oxygen atoms in total. The summed E-state index contributed by atoms with van der Waals surface area (Å²) in [4.78, 5) is 23.8. The number of carbonyl (C=O) groups excluding carboxylic acids is 1. The molecule has 0 saturated heterocycles. The lowest BCUT2D eigenvalue weighted by Gasteiger charge is -2.29. The number of para-hydroxylation sites is 1. The first-order chi connectivity index (χ1) is 18.7. The van der Waals surface area contributed by atoms with Gasteiger partial charge in [-0.25, -0.2) is 4.98 Å². The number of allylic oxidation sites excluding steroid dienone is 2. The topological polar surface area (TPSA) is 108 Å². The molecule has 0 aliphatic heterocycles. The summed E-state index contributed by atoms with van der Waals surface area (Å²) in [7, 11) is 3.98. The minimum Gasteiger partial charge on any atom is -0.487 e. The number of amides is 1. The lowest BCUT2D eigenvalue weighted by molar-refractivity contribution is -0.129. The van der Waals surface area contributed by atoms with Gasteiger partial charge in [0.2, 0.25) is 5.91 Å². The molecule has 1 aliphatic carbocycles. The van der Waals surface area contributed by atoms with Gasteiger partial charge in [-0.2, -0.15) is 0 Å². The lowest BCUT2D eigenvalue weighted by atomic mass is 9.85. The van der Waals surface area contributed by atoms with Crippen molar-refractivity contribution in [3.63, 3.8) is 0 Å². The Hall–Kier alpha value is -3.46. The van der Waals surface area contributed by atoms with E-state index in [1.165, 1.54) is 0 Å². The van der Waals surface area contributed by atoms with Gasteiger partial charge in [0.05, 0.1) is 17.2 Å². The van der Waals surface area contributed by atoms with Gasteiger partial charge in [-0.05, 0) is 50.0 Å². The zero-order chi connectivity index (χ0) is 28.1. The second kappa shape index (κ2) is 12.6. The highest BCUT2D eigenvalue weighted by atomic mass is 35.5. The predicted molar refractivity (Wildman–Crippen MR) is 153 cm³/mol. The number of pyridine rings is 2. The van der Waals surface area contributed by atoms with E-state index >= 15 is 0 Å². The highest BCUT2D eigenvalue weighted by Gasteiger charge is 2.31. The molecule has 3 unspecified atom stereocenters. The zero-order valence-electron chi connectivity index (χ0n) is 22.5. The van der Waals surface area contributed by atoms with E-state index in [4.69, 9.17) is 21.3 Å². The summed E-state index contributed by atoms with van der Waals surface area (Å²) in [5.41, 5.74) is 5.09. The first-order valence-corrected chi connectivity index (χ1v) is 13.4. The molecule has 1 fully saturated rings. The van der Waals surface area contributed by atoms with Crippen molar-refractivity contribution in [3.05, 3.63) is 82.8 Å². The van der Waals surface area contributed by atoms with Crippen molar-refractivity contribution < 1.29 is 19.7 Å². The van der Waals surface area contributed by atoms with Crippen LogP contribution in [0.3, 0.4) is 0 Å². The molecule has 39 heavy (non-hydrogen) atoms. The minimum absolute atomic E-state index is 0.161. The van der Waals surface area contributed by atoms with E-state index in [0.29, 0.717) is 23.6 Å². The second-order valence-electron chi connectivity index (χ2n) is 10.1. The van der Waals surface area contributed by atoms with E-state index in [2.05, 4.69) is 16.9 Å². The molecule has 1 amide bonds. The van der Waals surface area contributed by atoms with Crippen LogP contribution >= 0.6 is 11.6 Å². The van der Waals surface area contributed by atoms with Crippen LogP contribution in [0.2, 0.25) is 5.02 Å². The Bertz CT molecular complexity index is 1390. The van der Waals surface area contributed by atoms with Crippen LogP contribution in [-0.4, -0.2) is 57.3 Å². The van der Waals surface area contributed by atoms with Gasteiger partial charge in [-0.15, -0.1) is 0 Å². The summed E-state index contributed by atoms with van der Waals surface area (Å²) in [6, 6.07) is 7.88. The standard InChI is InChI=1S/C30H35ClN4O4/c1-5-7-25(35(3)4)22-12-18(2)34-29-21(22)8-6-9-28(29)39-17-23-20(14-32-16-24(23)31)15-33-30(38)19-10-11-26(36)27(37)13-19/h5-9,12,14,16,19,26-27,36-37H,1,10-11,13,15,17H2,2-4H3,(H,33,38)/b25-7-. The molecule has 1 aliphatic rings. The molecule has 0 bridgehead atoms. The third-order valence-corrected chi connectivity index (χ3v) is 7.36. The molecule has 1 saturated carbocycles. The first-order valence-electron chi connectivity index (χ1n) is 13.0. The van der Waals surface area contributed by atoms with Gasteiger partial charge in [-0.1, -0.05) is 36.4 Å². The fourth-order valence-corrected chi connectivity index (χ4v) is 5.16. The molecule has 9 heteroatoms. The lowest BCUT2D eigenvalue weighted by Crippen LogP contribution is -2.40. The van der Waals surface area contributed by atoms with E-state index in [9.17, 15) is 15.0 Å². The van der Waals surface area contributed by atoms with Crippen LogP contribution in [-0.2, 0) is 17.9 Å². The fraction of sp³-hybridized carbons (Fsp3) is 0.367. The van der Waals surface area contributed by atoms with Crippen LogP contribution in [0, 0.1) is 12.8 Å². The van der Waals surface area contributed by atoms with Gasteiger partial charge >= 0.3 is 0 Å². The van der Waals surface area contributed by atoms with E-state index in [0.717, 1.165) is 39.0 Å². The van der Waals surface area contributed by atoms with Crippen LogP contribution < -0.4 is 10.1 Å². The van der Waals surface area contributed by atoms with Crippen LogP contribution in [0.25, 0.3) is 16.6 Å². The largest absolute Gasteiger partial charge is 0.487 e. The number of hydrogen-bond acceptors (Lipinski definition) is 7. The number of benzene rings is 1. The number of carbonyl (C=O) groups is 1. The molecule has 4 rings (SSSR count). The second-order valence-corrected chi connectivity index (χ2v) is 10.5. The number of halogens is 1. The molecular weight excluding hydrogens is 516 g/mol. The average molecular weight is 551 g/mol. The molecule has 3 aromatic rings. The molecular formula is C30H35ClN4O4. The normalized spacial score (nSPS) is 19.5. The quantitative estimate of drug-likeness (QED) is 0.339. The smallest absolute Gasteiger partial charge is 0.223 e. The molecule has 1 aromatic carbocycles. The fourth-order valence-electron chi connectivity index (χ4n) is 4.93. The summed E-state index contributed by atoms with van der Waals surface area (Å²) in [6.45, 7) is 6.19. The maximum Gasteiger partial charge on any atom is 0.223 e. The van der Waals surface area contributed by atoms with E-state index in [1.54, 1.807) is 18.5 Å². The monoisotopic (exact) mass is 550 g/mol. The number of ether oxygens (including phenoxy) is 1. The van der Waals surface area contributed by atoms with Crippen molar-refractivity contribution in [2.45, 2.75) is 51.5 Å². The number of aliphatic hydroxyl groups is 2. The van der Waals surface area contributed by atoms with E-state index in [1.807, 2.05) is 56.3 Å². The SMILES string of the molecule is C=C/C=C(/c1cc(C)nc2c(OCc3c(Cl)cncc3CNC(=O)C3CCC(O)C(O)C3)cccc12)N(C)C. The number of nitrogens with one attached hydrogen (secondary N) is 1. The van der Waals surface area contributed by atoms with E-state index < -0.39 is 12.2 Å². The van der Waals surface area contributed by atoms with Crippen LogP contribution in [0.5, 0.6) is 5.75 Å². The number of hydrogen-bond donors (Lipinski definition) is 3. The number of aliphatic hydroxyl groups excluding tert-OH is 2. The van der Waals surface area contributed by atoms with Crippen molar-refractivity contribution >= 4 is 34.1 Å². The molecule has 2 heterocycles. The Morgan fingerprint density at radius 2 is 2.05 bits per heavy atom. The van der Waals surface area contributed by atoms with Gasteiger partial charge in [0.1, 0.15) is 17.9 Å². The number of fused-ring (bicyclic) bond motifs is 1. The Morgan fingerprint density at radius 3 is 2.77 bits per heavy atom. The Morgan fingerprint density at radius 1 is 1.26 bits per heavy atom. The first kappa shape index (κ1) is 28.5. The van der Waals surface area contributed by atoms with Crippen molar-refractivity contribution in [1.29, 1.82) is 0 Å². The summed E-state index contributed by atoms with van der Waals surface area (Å²) >= 11 is 6.52. The van der Waals surface area contributed by atoms with Gasteiger partial charge in [0.15, 0.2) is 0 Å². The van der Waals surface area contributed by atoms with Gasteiger partial charge < -0.3 is 25.2 Å².